The molecule has 4 heterocycles. The average Bonchev–Trinajstić information content (AvgIpc) is 3.36. The largest absolute Gasteiger partial charge is 0.374 e. The van der Waals surface area contributed by atoms with Crippen LogP contribution >= 0.6 is 0 Å². The summed E-state index contributed by atoms with van der Waals surface area (Å²) in [5, 5.41) is 15.1. The van der Waals surface area contributed by atoms with Crippen LogP contribution in [0.2, 0.25) is 0 Å². The number of aromatic nitrogens is 6. The quantitative estimate of drug-likeness (QED) is 0.495. The summed E-state index contributed by atoms with van der Waals surface area (Å²) in [5.41, 5.74) is 2.01. The minimum atomic E-state index is -0.147. The summed E-state index contributed by atoms with van der Waals surface area (Å²) in [7, 11) is 1.74. The van der Waals surface area contributed by atoms with Crippen molar-refractivity contribution in [1.82, 2.24) is 34.8 Å². The van der Waals surface area contributed by atoms with Gasteiger partial charge in [0, 0.05) is 31.8 Å². The van der Waals surface area contributed by atoms with Crippen LogP contribution in [0.1, 0.15) is 0 Å². The van der Waals surface area contributed by atoms with Gasteiger partial charge < -0.3 is 15.4 Å². The van der Waals surface area contributed by atoms with Crippen molar-refractivity contribution in [3.8, 4) is 16.9 Å². The van der Waals surface area contributed by atoms with Gasteiger partial charge in [-0.1, -0.05) is 35.5 Å². The summed E-state index contributed by atoms with van der Waals surface area (Å²) in [6.45, 7) is 2.48. The second kappa shape index (κ2) is 8.25. The summed E-state index contributed by atoms with van der Waals surface area (Å²) < 4.78 is 9.09. The molecule has 1 aliphatic rings. The van der Waals surface area contributed by atoms with E-state index in [1.54, 1.807) is 34.8 Å². The Morgan fingerprint density at radius 3 is 2.84 bits per heavy atom. The molecule has 5 rings (SSSR count). The van der Waals surface area contributed by atoms with Crippen LogP contribution in [0.4, 0.5) is 5.95 Å². The highest BCUT2D eigenvalue weighted by Gasteiger charge is 2.22. The first kappa shape index (κ1) is 19.3. The number of nitrogens with one attached hydrogen (secondary N) is 2. The summed E-state index contributed by atoms with van der Waals surface area (Å²) in [4.78, 5) is 22.6. The summed E-state index contributed by atoms with van der Waals surface area (Å²) >= 11 is 0. The lowest BCUT2D eigenvalue weighted by Gasteiger charge is -2.25. The number of benzene rings is 1. The predicted molar refractivity (Wildman–Crippen MR) is 116 cm³/mol. The highest BCUT2D eigenvalue weighted by atomic mass is 16.5. The molecule has 10 heteroatoms. The summed E-state index contributed by atoms with van der Waals surface area (Å²) in [6, 6.07) is 11.4. The van der Waals surface area contributed by atoms with Gasteiger partial charge in [-0.2, -0.15) is 9.97 Å². The molecule has 0 bridgehead atoms. The number of ether oxygens (including phenoxy) is 1. The Morgan fingerprint density at radius 2 is 2.13 bits per heavy atom. The number of hydrogen-bond acceptors (Lipinski definition) is 8. The van der Waals surface area contributed by atoms with E-state index in [1.165, 1.54) is 0 Å². The first-order valence-corrected chi connectivity index (χ1v) is 10.1. The molecular formula is C21H22N8O2. The highest BCUT2D eigenvalue weighted by molar-refractivity contribution is 5.98. The Morgan fingerprint density at radius 1 is 1.26 bits per heavy atom. The lowest BCUT2D eigenvalue weighted by atomic mass is 10.0. The van der Waals surface area contributed by atoms with Crippen LogP contribution < -0.4 is 16.2 Å². The third-order valence-electron chi connectivity index (χ3n) is 5.27. The monoisotopic (exact) mass is 418 g/mol. The van der Waals surface area contributed by atoms with Gasteiger partial charge in [0.2, 0.25) is 5.95 Å². The number of nitrogens with zero attached hydrogens (tertiary/aromatic N) is 6. The standard InChI is InChI=1S/C21H22N8O2/c1-22-21-25-19-18(20(26-21)29-9-7-24-27-29)16(14-5-3-2-4-6-14)11-17(30)28(19)13-15-12-23-8-10-31-15/h2-7,9,11,15,23H,8,10,12-13H2,1H3,(H,22,25,26)/t15-/m1/s1. The van der Waals surface area contributed by atoms with Crippen LogP contribution in [0.5, 0.6) is 0 Å². The molecule has 4 aromatic rings. The maximum Gasteiger partial charge on any atom is 0.252 e. The number of morpholine rings is 1. The molecule has 0 unspecified atom stereocenters. The summed E-state index contributed by atoms with van der Waals surface area (Å²) in [5.74, 6) is 0.932. The summed E-state index contributed by atoms with van der Waals surface area (Å²) in [6.07, 6.45) is 3.19. The van der Waals surface area contributed by atoms with Crippen molar-refractivity contribution < 1.29 is 4.74 Å². The maximum atomic E-state index is 13.3. The fourth-order valence-corrected chi connectivity index (χ4v) is 3.81. The Labute approximate surface area is 177 Å². The zero-order valence-corrected chi connectivity index (χ0v) is 17.0. The molecule has 1 atom stereocenters. The molecule has 3 aromatic heterocycles. The van der Waals surface area contributed by atoms with Gasteiger partial charge in [-0.05, 0) is 5.56 Å². The molecule has 158 valence electrons. The molecule has 2 N–H and O–H groups in total. The third-order valence-corrected chi connectivity index (χ3v) is 5.27. The van der Waals surface area contributed by atoms with Crippen LogP contribution in [-0.2, 0) is 11.3 Å². The van der Waals surface area contributed by atoms with E-state index in [-0.39, 0.29) is 11.7 Å². The number of pyridine rings is 1. The van der Waals surface area contributed by atoms with Crippen molar-refractivity contribution in [2.75, 3.05) is 32.1 Å². The highest BCUT2D eigenvalue weighted by Crippen LogP contribution is 2.31. The second-order valence-corrected chi connectivity index (χ2v) is 7.24. The SMILES string of the molecule is CNc1nc(-n2ccnn2)c2c(-c3ccccc3)cc(=O)n(C[C@H]3CNCCO3)c2n1. The van der Waals surface area contributed by atoms with E-state index in [2.05, 4.69) is 30.9 Å². The van der Waals surface area contributed by atoms with Crippen molar-refractivity contribution in [2.45, 2.75) is 12.6 Å². The zero-order valence-electron chi connectivity index (χ0n) is 17.0. The molecule has 0 amide bonds. The van der Waals surface area contributed by atoms with Crippen molar-refractivity contribution in [3.05, 3.63) is 59.1 Å². The smallest absolute Gasteiger partial charge is 0.252 e. The minimum Gasteiger partial charge on any atom is -0.374 e. The van der Waals surface area contributed by atoms with Gasteiger partial charge in [-0.15, -0.1) is 5.10 Å². The molecule has 1 saturated heterocycles. The van der Waals surface area contributed by atoms with E-state index in [1.807, 2.05) is 30.3 Å². The fourth-order valence-electron chi connectivity index (χ4n) is 3.81. The maximum absolute atomic E-state index is 13.3. The minimum absolute atomic E-state index is 0.125. The Bertz CT molecular complexity index is 1250. The normalized spacial score (nSPS) is 16.5. The Hall–Kier alpha value is -3.63. The third kappa shape index (κ3) is 3.66. The van der Waals surface area contributed by atoms with Gasteiger partial charge in [-0.3, -0.25) is 9.36 Å². The molecular weight excluding hydrogens is 396 g/mol. The zero-order chi connectivity index (χ0) is 21.2. The first-order valence-electron chi connectivity index (χ1n) is 10.1. The average molecular weight is 418 g/mol. The van der Waals surface area contributed by atoms with Crippen molar-refractivity contribution >= 4 is 17.0 Å². The lowest BCUT2D eigenvalue weighted by Crippen LogP contribution is -2.42. The molecule has 1 aromatic carbocycles. The van der Waals surface area contributed by atoms with E-state index < -0.39 is 0 Å². The lowest BCUT2D eigenvalue weighted by molar-refractivity contribution is 0.0183. The van der Waals surface area contributed by atoms with Gasteiger partial charge in [0.15, 0.2) is 11.5 Å². The number of rotatable bonds is 5. The van der Waals surface area contributed by atoms with Gasteiger partial charge in [0.25, 0.3) is 5.56 Å². The molecule has 0 radical (unpaired) electrons. The van der Waals surface area contributed by atoms with Gasteiger partial charge in [0.05, 0.1) is 37.0 Å². The molecule has 0 saturated carbocycles. The number of hydrogen-bond donors (Lipinski definition) is 2. The van der Waals surface area contributed by atoms with E-state index in [0.29, 0.717) is 37.1 Å². The van der Waals surface area contributed by atoms with Crippen molar-refractivity contribution in [1.29, 1.82) is 0 Å². The molecule has 31 heavy (non-hydrogen) atoms. The van der Waals surface area contributed by atoms with E-state index in [9.17, 15) is 4.79 Å². The van der Waals surface area contributed by atoms with Gasteiger partial charge in [-0.25, -0.2) is 4.68 Å². The van der Waals surface area contributed by atoms with E-state index >= 15 is 0 Å². The molecule has 0 aliphatic carbocycles. The number of fused-ring (bicyclic) bond motifs is 1. The molecule has 10 nitrogen and oxygen atoms in total. The number of anilines is 1. The van der Waals surface area contributed by atoms with Crippen LogP contribution in [0.15, 0.2) is 53.6 Å². The van der Waals surface area contributed by atoms with Crippen LogP contribution in [0.25, 0.3) is 28.0 Å². The first-order chi connectivity index (χ1) is 15.2. The molecule has 1 fully saturated rings. The van der Waals surface area contributed by atoms with Crippen LogP contribution in [0, 0.1) is 0 Å². The van der Waals surface area contributed by atoms with Gasteiger partial charge >= 0.3 is 0 Å². The predicted octanol–water partition coefficient (Wildman–Crippen LogP) is 1.07. The van der Waals surface area contributed by atoms with E-state index in [4.69, 9.17) is 4.74 Å². The van der Waals surface area contributed by atoms with Crippen molar-refractivity contribution in [2.24, 2.45) is 0 Å². The van der Waals surface area contributed by atoms with Gasteiger partial charge in [0.1, 0.15) is 0 Å². The Balaban J connectivity index is 1.81. The van der Waals surface area contributed by atoms with Crippen LogP contribution in [-0.4, -0.2) is 62.4 Å². The van der Waals surface area contributed by atoms with Crippen LogP contribution in [0.3, 0.4) is 0 Å². The molecule has 1 aliphatic heterocycles. The fraction of sp³-hybridized carbons (Fsp3) is 0.286. The van der Waals surface area contributed by atoms with E-state index in [0.717, 1.165) is 23.1 Å². The molecule has 0 spiro atoms. The van der Waals surface area contributed by atoms with Crippen molar-refractivity contribution in [3.63, 3.8) is 0 Å². The topological polar surface area (TPSA) is 112 Å². The Kier molecular flexibility index (Phi) is 5.14. The second-order valence-electron chi connectivity index (χ2n) is 7.24.